The average Bonchev–Trinajstić information content (AvgIpc) is 2.72. The van der Waals surface area contributed by atoms with Crippen molar-refractivity contribution in [2.24, 2.45) is 0 Å². The van der Waals surface area contributed by atoms with Crippen molar-refractivity contribution in [2.45, 2.75) is 59.0 Å². The second-order valence-electron chi connectivity index (χ2n) is 8.76. The van der Waals surface area contributed by atoms with Crippen LogP contribution in [0.5, 0.6) is 0 Å². The van der Waals surface area contributed by atoms with Gasteiger partial charge in [-0.3, -0.25) is 9.59 Å². The Morgan fingerprint density at radius 1 is 1.24 bits per heavy atom. The molecule has 0 aliphatic carbocycles. The molecule has 1 aromatic heterocycles. The van der Waals surface area contributed by atoms with Crippen molar-refractivity contribution in [1.29, 1.82) is 0 Å². The number of nitrogens with zero attached hydrogens (tertiary/aromatic N) is 1. The number of benzene rings is 1. The number of aryl methyl sites for hydroxylation is 2. The van der Waals surface area contributed by atoms with Crippen LogP contribution in [-0.4, -0.2) is 42.6 Å². The number of alkyl halides is 2. The van der Waals surface area contributed by atoms with Crippen LogP contribution in [0.2, 0.25) is 0 Å². The summed E-state index contributed by atoms with van der Waals surface area (Å²) < 4.78 is 34.3. The first kappa shape index (κ1) is 25.4. The van der Waals surface area contributed by atoms with Gasteiger partial charge in [0.05, 0.1) is 6.54 Å². The Balaban J connectivity index is 1.91. The van der Waals surface area contributed by atoms with E-state index in [9.17, 15) is 18.4 Å². The molecule has 3 rings (SSSR count). The molecule has 9 heteroatoms. The van der Waals surface area contributed by atoms with E-state index in [0.717, 1.165) is 18.2 Å². The van der Waals surface area contributed by atoms with E-state index in [1.165, 1.54) is 0 Å². The Labute approximate surface area is 200 Å². The van der Waals surface area contributed by atoms with Crippen molar-refractivity contribution in [3.05, 3.63) is 61.0 Å². The summed E-state index contributed by atoms with van der Waals surface area (Å²) in [6, 6.07) is 5.19. The van der Waals surface area contributed by atoms with E-state index >= 15 is 0 Å². The number of aromatic amines is 1. The summed E-state index contributed by atoms with van der Waals surface area (Å²) in [5, 5.41) is 2.81. The Morgan fingerprint density at radius 3 is 2.52 bits per heavy atom. The van der Waals surface area contributed by atoms with Gasteiger partial charge in [0.1, 0.15) is 0 Å². The fourth-order valence-electron chi connectivity index (χ4n) is 4.27. The number of amides is 1. The molecule has 1 aliphatic heterocycles. The molecule has 0 atom stereocenters. The number of aromatic nitrogens is 1. The van der Waals surface area contributed by atoms with E-state index in [4.69, 9.17) is 4.74 Å². The molecule has 0 spiro atoms. The van der Waals surface area contributed by atoms with Gasteiger partial charge < -0.3 is 19.9 Å². The molecule has 2 N–H and O–H groups in total. The number of carbonyl (C=O) groups excluding carboxylic acids is 1. The smallest absolute Gasteiger partial charge is 0.262 e. The minimum Gasteiger partial charge on any atom is -0.381 e. The van der Waals surface area contributed by atoms with Crippen LogP contribution in [0.3, 0.4) is 0 Å². The van der Waals surface area contributed by atoms with Gasteiger partial charge in [0.2, 0.25) is 0 Å². The number of hydrogen-bond donors (Lipinski definition) is 2. The van der Waals surface area contributed by atoms with Crippen LogP contribution >= 0.6 is 15.9 Å². The number of anilines is 1. The van der Waals surface area contributed by atoms with Crippen LogP contribution in [0.15, 0.2) is 27.5 Å². The number of H-pyrrole nitrogens is 1. The summed E-state index contributed by atoms with van der Waals surface area (Å²) in [5.41, 5.74) is 3.36. The quantitative estimate of drug-likeness (QED) is 0.552. The van der Waals surface area contributed by atoms with Crippen LogP contribution in [0, 0.1) is 20.8 Å². The predicted molar refractivity (Wildman–Crippen MR) is 128 cm³/mol. The van der Waals surface area contributed by atoms with E-state index in [-0.39, 0.29) is 24.1 Å². The van der Waals surface area contributed by atoms with Gasteiger partial charge in [-0.05, 0) is 62.9 Å². The molecule has 6 nitrogen and oxygen atoms in total. The van der Waals surface area contributed by atoms with Gasteiger partial charge >= 0.3 is 0 Å². The van der Waals surface area contributed by atoms with Crippen molar-refractivity contribution in [1.82, 2.24) is 10.3 Å². The minimum atomic E-state index is -2.90. The van der Waals surface area contributed by atoms with Crippen LogP contribution in [0.1, 0.15) is 52.5 Å². The third-order valence-corrected chi connectivity index (χ3v) is 6.36. The first-order valence-corrected chi connectivity index (χ1v) is 11.8. The standard InChI is InChI=1S/C24H30BrF2N3O3/c1-14-9-15(2)29-23(32)20(14)12-28-22(31)19-10-17(25)11-21(16(19)3)30(13-24(4,26)27)18-5-7-33-8-6-18/h9-11,18H,5-8,12-13H2,1-4H3,(H,28,31)(H,29,32). The molecule has 0 saturated carbocycles. The third kappa shape index (κ3) is 6.41. The van der Waals surface area contributed by atoms with Crippen LogP contribution in [0.4, 0.5) is 14.5 Å². The molecule has 1 fully saturated rings. The van der Waals surface area contributed by atoms with Gasteiger partial charge in [0.25, 0.3) is 17.4 Å². The highest BCUT2D eigenvalue weighted by Gasteiger charge is 2.32. The molecule has 0 unspecified atom stereocenters. The van der Waals surface area contributed by atoms with Crippen LogP contribution in [-0.2, 0) is 11.3 Å². The zero-order valence-electron chi connectivity index (χ0n) is 19.4. The maximum atomic E-state index is 14.1. The number of carbonyl (C=O) groups is 1. The van der Waals surface area contributed by atoms with Crippen molar-refractivity contribution in [3.63, 3.8) is 0 Å². The Kier molecular flexibility index (Phi) is 7.95. The van der Waals surface area contributed by atoms with Gasteiger partial charge in [-0.1, -0.05) is 15.9 Å². The number of ether oxygens (including phenoxy) is 1. The van der Waals surface area contributed by atoms with Crippen LogP contribution < -0.4 is 15.8 Å². The van der Waals surface area contributed by atoms with Crippen molar-refractivity contribution < 1.29 is 18.3 Å². The van der Waals surface area contributed by atoms with Gasteiger partial charge in [-0.25, -0.2) is 8.78 Å². The average molecular weight is 526 g/mol. The fourth-order valence-corrected chi connectivity index (χ4v) is 4.72. The van der Waals surface area contributed by atoms with E-state index in [1.54, 1.807) is 30.9 Å². The molecular formula is C24H30BrF2N3O3. The van der Waals surface area contributed by atoms with Crippen LogP contribution in [0.25, 0.3) is 0 Å². The molecule has 1 amide bonds. The molecule has 0 bridgehead atoms. The molecule has 1 aliphatic rings. The van der Waals surface area contributed by atoms with Gasteiger partial charge in [0, 0.05) is 59.7 Å². The molecule has 2 aromatic rings. The second-order valence-corrected chi connectivity index (χ2v) is 9.68. The zero-order valence-corrected chi connectivity index (χ0v) is 20.9. The number of rotatable bonds is 7. The van der Waals surface area contributed by atoms with Crippen molar-refractivity contribution in [2.75, 3.05) is 24.7 Å². The maximum Gasteiger partial charge on any atom is 0.262 e. The van der Waals surface area contributed by atoms with E-state index in [2.05, 4.69) is 26.2 Å². The number of hydrogen-bond acceptors (Lipinski definition) is 4. The molecule has 2 heterocycles. The second kappa shape index (κ2) is 10.3. The summed E-state index contributed by atoms with van der Waals surface area (Å²) in [5.74, 6) is -3.27. The molecule has 180 valence electrons. The highest BCUT2D eigenvalue weighted by atomic mass is 79.9. The van der Waals surface area contributed by atoms with Crippen molar-refractivity contribution >= 4 is 27.5 Å². The fraction of sp³-hybridized carbons (Fsp3) is 0.500. The van der Waals surface area contributed by atoms with Crippen molar-refractivity contribution in [3.8, 4) is 0 Å². The summed E-state index contributed by atoms with van der Waals surface area (Å²) in [4.78, 5) is 29.8. The Morgan fingerprint density at radius 2 is 1.91 bits per heavy atom. The van der Waals surface area contributed by atoms with E-state index in [1.807, 2.05) is 13.0 Å². The molecular weight excluding hydrogens is 496 g/mol. The third-order valence-electron chi connectivity index (χ3n) is 5.90. The van der Waals surface area contributed by atoms with E-state index < -0.39 is 12.5 Å². The zero-order chi connectivity index (χ0) is 24.3. The minimum absolute atomic E-state index is 0.0677. The summed E-state index contributed by atoms with van der Waals surface area (Å²) >= 11 is 3.44. The number of pyridine rings is 1. The lowest BCUT2D eigenvalue weighted by molar-refractivity contribution is 0.0220. The summed E-state index contributed by atoms with van der Waals surface area (Å²) in [7, 11) is 0. The normalized spacial score (nSPS) is 14.9. The number of nitrogens with one attached hydrogen (secondary N) is 2. The molecule has 1 saturated heterocycles. The highest BCUT2D eigenvalue weighted by molar-refractivity contribution is 9.10. The lowest BCUT2D eigenvalue weighted by Gasteiger charge is -2.38. The lowest BCUT2D eigenvalue weighted by atomic mass is 10.00. The topological polar surface area (TPSA) is 74.4 Å². The Bertz CT molecular complexity index is 1080. The predicted octanol–water partition coefficient (Wildman–Crippen LogP) is 4.63. The maximum absolute atomic E-state index is 14.1. The highest BCUT2D eigenvalue weighted by Crippen LogP contribution is 2.33. The number of halogens is 3. The largest absolute Gasteiger partial charge is 0.381 e. The first-order valence-electron chi connectivity index (χ1n) is 11.0. The molecule has 1 aromatic carbocycles. The van der Waals surface area contributed by atoms with Gasteiger partial charge in [-0.2, -0.15) is 0 Å². The molecule has 33 heavy (non-hydrogen) atoms. The molecule has 0 radical (unpaired) electrons. The summed E-state index contributed by atoms with van der Waals surface area (Å²) in [6.45, 7) is 6.94. The van der Waals surface area contributed by atoms with Gasteiger partial charge in [0.15, 0.2) is 0 Å². The first-order chi connectivity index (χ1) is 15.5. The lowest BCUT2D eigenvalue weighted by Crippen LogP contribution is -2.45. The Hall–Kier alpha value is -2.26. The van der Waals surface area contributed by atoms with E-state index in [0.29, 0.717) is 52.9 Å². The van der Waals surface area contributed by atoms with Gasteiger partial charge in [-0.15, -0.1) is 0 Å². The monoisotopic (exact) mass is 525 g/mol. The summed E-state index contributed by atoms with van der Waals surface area (Å²) in [6.07, 6.45) is 1.28. The SMILES string of the molecule is Cc1cc(C)c(CNC(=O)c2cc(Br)cc(N(CC(C)(F)F)C3CCOCC3)c2C)c(=O)[nH]1.